The van der Waals surface area contributed by atoms with E-state index in [-0.39, 0.29) is 11.8 Å². The lowest BCUT2D eigenvalue weighted by molar-refractivity contribution is -0.113. The number of halogens is 2. The Labute approximate surface area is 103 Å². The second-order valence-electron chi connectivity index (χ2n) is 3.58. The normalized spacial score (nSPS) is 10.5. The maximum absolute atomic E-state index is 11.1. The zero-order valence-electron chi connectivity index (χ0n) is 8.68. The summed E-state index contributed by atoms with van der Waals surface area (Å²) in [5.74, 6) is 0.243. The average molecular weight is 291 g/mol. The van der Waals surface area contributed by atoms with E-state index in [1.807, 2.05) is 18.2 Å². The number of benzene rings is 1. The highest BCUT2D eigenvalue weighted by Gasteiger charge is 2.06. The molecule has 4 heteroatoms. The van der Waals surface area contributed by atoms with Crippen LogP contribution in [0.5, 0.6) is 0 Å². The minimum Gasteiger partial charge on any atom is -0.324 e. The maximum atomic E-state index is 11.1. The van der Waals surface area contributed by atoms with Gasteiger partial charge in [-0.05, 0) is 39.5 Å². The lowest BCUT2D eigenvalue weighted by Crippen LogP contribution is -2.12. The van der Waals surface area contributed by atoms with Crippen molar-refractivity contribution in [2.45, 2.75) is 19.8 Å². The Bertz CT molecular complexity index is 366. The van der Waals surface area contributed by atoms with E-state index < -0.39 is 0 Å². The molecule has 0 radical (unpaired) electrons. The van der Waals surface area contributed by atoms with Gasteiger partial charge in [-0.2, -0.15) is 0 Å². The minimum atomic E-state index is -0.199. The zero-order chi connectivity index (χ0) is 11.4. The van der Waals surface area contributed by atoms with Crippen LogP contribution in [0.2, 0.25) is 0 Å². The van der Waals surface area contributed by atoms with Crippen molar-refractivity contribution in [1.82, 2.24) is 0 Å². The van der Waals surface area contributed by atoms with E-state index in [9.17, 15) is 4.79 Å². The van der Waals surface area contributed by atoms with Gasteiger partial charge in [-0.1, -0.05) is 19.9 Å². The number of carbonyl (C=O) groups is 1. The molecular weight excluding hydrogens is 277 g/mol. The number of amides is 1. The zero-order valence-corrected chi connectivity index (χ0v) is 11.0. The quantitative estimate of drug-likeness (QED) is 0.844. The van der Waals surface area contributed by atoms with Gasteiger partial charge < -0.3 is 5.32 Å². The number of hydrogen-bond donors (Lipinski definition) is 1. The van der Waals surface area contributed by atoms with Gasteiger partial charge in [0.1, 0.15) is 5.88 Å². The summed E-state index contributed by atoms with van der Waals surface area (Å²) in [6.45, 7) is 4.25. The lowest BCUT2D eigenvalue weighted by Gasteiger charge is -2.10. The van der Waals surface area contributed by atoms with Crippen LogP contribution >= 0.6 is 27.5 Å². The van der Waals surface area contributed by atoms with Crippen LogP contribution in [-0.4, -0.2) is 11.8 Å². The molecule has 0 spiro atoms. The topological polar surface area (TPSA) is 29.1 Å². The van der Waals surface area contributed by atoms with Crippen molar-refractivity contribution in [2.75, 3.05) is 11.2 Å². The van der Waals surface area contributed by atoms with Gasteiger partial charge in [0.05, 0.1) is 5.69 Å². The molecule has 1 N–H and O–H groups in total. The van der Waals surface area contributed by atoms with Crippen LogP contribution in [0.15, 0.2) is 22.7 Å². The molecule has 1 amide bonds. The van der Waals surface area contributed by atoms with E-state index in [1.54, 1.807) is 0 Å². The molecular formula is C11H13BrClNO. The third-order valence-electron chi connectivity index (χ3n) is 2.06. The second kappa shape index (κ2) is 5.52. The van der Waals surface area contributed by atoms with Crippen molar-refractivity contribution >= 4 is 39.1 Å². The van der Waals surface area contributed by atoms with Crippen molar-refractivity contribution in [1.29, 1.82) is 0 Å². The van der Waals surface area contributed by atoms with Crippen molar-refractivity contribution in [3.63, 3.8) is 0 Å². The molecule has 0 aliphatic heterocycles. The van der Waals surface area contributed by atoms with Gasteiger partial charge in [-0.15, -0.1) is 11.6 Å². The predicted octanol–water partition coefficient (Wildman–Crippen LogP) is 3.75. The predicted molar refractivity (Wildman–Crippen MR) is 67.6 cm³/mol. The summed E-state index contributed by atoms with van der Waals surface area (Å²) < 4.78 is 0.882. The Morgan fingerprint density at radius 2 is 2.20 bits per heavy atom. The highest BCUT2D eigenvalue weighted by Crippen LogP contribution is 2.26. The lowest BCUT2D eigenvalue weighted by atomic mass is 10.0. The summed E-state index contributed by atoms with van der Waals surface area (Å²) in [6.07, 6.45) is 0. The van der Waals surface area contributed by atoms with E-state index in [0.29, 0.717) is 5.92 Å². The molecule has 0 fully saturated rings. The SMILES string of the molecule is CC(C)c1ccc(NC(=O)CCl)c(Br)c1. The van der Waals surface area contributed by atoms with Crippen LogP contribution in [0.1, 0.15) is 25.3 Å². The van der Waals surface area contributed by atoms with Crippen LogP contribution in [0.25, 0.3) is 0 Å². The van der Waals surface area contributed by atoms with Crippen molar-refractivity contribution in [2.24, 2.45) is 0 Å². The van der Waals surface area contributed by atoms with Crippen LogP contribution in [0, 0.1) is 0 Å². The van der Waals surface area contributed by atoms with Gasteiger partial charge in [0.25, 0.3) is 0 Å². The first-order chi connectivity index (χ1) is 7.04. The van der Waals surface area contributed by atoms with Crippen LogP contribution in [-0.2, 0) is 4.79 Å². The van der Waals surface area contributed by atoms with Crippen molar-refractivity contribution in [3.05, 3.63) is 28.2 Å². The van der Waals surface area contributed by atoms with E-state index in [1.165, 1.54) is 5.56 Å². The molecule has 0 unspecified atom stereocenters. The Kier molecular flexibility index (Phi) is 4.61. The molecule has 0 bridgehead atoms. The number of rotatable bonds is 3. The summed E-state index contributed by atoms with van der Waals surface area (Å²) in [7, 11) is 0. The second-order valence-corrected chi connectivity index (χ2v) is 4.70. The Balaban J connectivity index is 2.88. The van der Waals surface area contributed by atoms with E-state index >= 15 is 0 Å². The first kappa shape index (κ1) is 12.5. The van der Waals surface area contributed by atoms with Gasteiger partial charge in [0.2, 0.25) is 5.91 Å². The fraction of sp³-hybridized carbons (Fsp3) is 0.364. The summed E-state index contributed by atoms with van der Waals surface area (Å²) in [5, 5.41) is 2.71. The third-order valence-corrected chi connectivity index (χ3v) is 2.95. The fourth-order valence-electron chi connectivity index (χ4n) is 1.18. The van der Waals surface area contributed by atoms with Crippen molar-refractivity contribution < 1.29 is 4.79 Å². The summed E-state index contributed by atoms with van der Waals surface area (Å²) >= 11 is 8.82. The molecule has 0 aromatic heterocycles. The Morgan fingerprint density at radius 1 is 1.53 bits per heavy atom. The molecule has 82 valence electrons. The molecule has 1 rings (SSSR count). The molecule has 0 saturated heterocycles. The minimum absolute atomic E-state index is 0.0294. The van der Waals surface area contributed by atoms with E-state index in [0.717, 1.165) is 10.2 Å². The van der Waals surface area contributed by atoms with Crippen LogP contribution < -0.4 is 5.32 Å². The smallest absolute Gasteiger partial charge is 0.239 e. The first-order valence-corrected chi connectivity index (χ1v) is 6.02. The van der Waals surface area contributed by atoms with Gasteiger partial charge in [0.15, 0.2) is 0 Å². The van der Waals surface area contributed by atoms with Crippen LogP contribution in [0.3, 0.4) is 0 Å². The number of nitrogens with one attached hydrogen (secondary N) is 1. The third kappa shape index (κ3) is 3.50. The van der Waals surface area contributed by atoms with E-state index in [2.05, 4.69) is 35.1 Å². The summed E-state index contributed by atoms with van der Waals surface area (Å²) in [5.41, 5.74) is 1.98. The largest absolute Gasteiger partial charge is 0.324 e. The number of anilines is 1. The summed E-state index contributed by atoms with van der Waals surface area (Å²) in [6, 6.07) is 5.89. The molecule has 0 saturated carbocycles. The monoisotopic (exact) mass is 289 g/mol. The standard InChI is InChI=1S/C11H13BrClNO/c1-7(2)8-3-4-10(9(12)5-8)14-11(15)6-13/h3-5,7H,6H2,1-2H3,(H,14,15). The van der Waals surface area contributed by atoms with Crippen molar-refractivity contribution in [3.8, 4) is 0 Å². The molecule has 1 aromatic rings. The van der Waals surface area contributed by atoms with Gasteiger partial charge in [0, 0.05) is 4.47 Å². The molecule has 1 aromatic carbocycles. The van der Waals surface area contributed by atoms with Gasteiger partial charge in [-0.25, -0.2) is 0 Å². The number of alkyl halides is 1. The fourth-order valence-corrected chi connectivity index (χ4v) is 1.74. The molecule has 0 atom stereocenters. The highest BCUT2D eigenvalue weighted by atomic mass is 79.9. The Hall–Kier alpha value is -0.540. The first-order valence-electron chi connectivity index (χ1n) is 4.70. The van der Waals surface area contributed by atoms with Crippen LogP contribution in [0.4, 0.5) is 5.69 Å². The molecule has 15 heavy (non-hydrogen) atoms. The molecule has 0 aliphatic rings. The van der Waals surface area contributed by atoms with Gasteiger partial charge >= 0.3 is 0 Å². The number of hydrogen-bond acceptors (Lipinski definition) is 1. The Morgan fingerprint density at radius 3 is 2.67 bits per heavy atom. The number of carbonyl (C=O) groups excluding carboxylic acids is 1. The average Bonchev–Trinajstić information content (AvgIpc) is 2.20. The summed E-state index contributed by atoms with van der Waals surface area (Å²) in [4.78, 5) is 11.1. The highest BCUT2D eigenvalue weighted by molar-refractivity contribution is 9.10. The van der Waals surface area contributed by atoms with E-state index in [4.69, 9.17) is 11.6 Å². The molecule has 0 aliphatic carbocycles. The molecule has 0 heterocycles. The maximum Gasteiger partial charge on any atom is 0.239 e. The molecule has 2 nitrogen and oxygen atoms in total. The van der Waals surface area contributed by atoms with Gasteiger partial charge in [-0.3, -0.25) is 4.79 Å².